The van der Waals surface area contributed by atoms with E-state index in [0.29, 0.717) is 18.1 Å². The first-order valence-electron chi connectivity index (χ1n) is 5.65. The van der Waals surface area contributed by atoms with Gasteiger partial charge in [-0.25, -0.2) is 9.97 Å². The number of aromatic nitrogens is 2. The van der Waals surface area contributed by atoms with Crippen LogP contribution in [0.2, 0.25) is 0 Å². The average molecular weight is 337 g/mol. The van der Waals surface area contributed by atoms with Crippen molar-refractivity contribution in [2.75, 3.05) is 11.9 Å². The van der Waals surface area contributed by atoms with Crippen LogP contribution in [0.5, 0.6) is 0 Å². The molecular formula is C13H13BrN4S. The molecule has 0 unspecified atom stereocenters. The molecule has 2 rings (SSSR count). The molecule has 0 amide bonds. The van der Waals surface area contributed by atoms with Crippen molar-refractivity contribution in [2.45, 2.75) is 6.54 Å². The van der Waals surface area contributed by atoms with Crippen molar-refractivity contribution in [2.24, 2.45) is 5.73 Å². The minimum atomic E-state index is 0.252. The van der Waals surface area contributed by atoms with Crippen LogP contribution < -0.4 is 10.6 Å². The van der Waals surface area contributed by atoms with Crippen molar-refractivity contribution in [3.8, 4) is 0 Å². The Bertz CT molecular complexity index is 603. The smallest absolute Gasteiger partial charge is 0.157 e. The zero-order valence-electron chi connectivity index (χ0n) is 10.4. The molecule has 0 saturated heterocycles. The fourth-order valence-electron chi connectivity index (χ4n) is 1.74. The Morgan fingerprint density at radius 3 is 2.68 bits per heavy atom. The third kappa shape index (κ3) is 3.27. The molecule has 0 atom stereocenters. The van der Waals surface area contributed by atoms with Gasteiger partial charge < -0.3 is 10.6 Å². The summed E-state index contributed by atoms with van der Waals surface area (Å²) in [4.78, 5) is 10.7. The quantitative estimate of drug-likeness (QED) is 0.869. The molecule has 0 bridgehead atoms. The minimum Gasteiger partial charge on any atom is -0.388 e. The lowest BCUT2D eigenvalue weighted by Crippen LogP contribution is -2.24. The summed E-state index contributed by atoms with van der Waals surface area (Å²) in [5.74, 6) is 0.686. The normalized spacial score (nSPS) is 10.2. The van der Waals surface area contributed by atoms with Gasteiger partial charge in [-0.3, -0.25) is 0 Å². The summed E-state index contributed by atoms with van der Waals surface area (Å²) in [6.45, 7) is 0.690. The molecule has 0 saturated carbocycles. The van der Waals surface area contributed by atoms with E-state index < -0.39 is 0 Å². The standard InChI is InChI=1S/C13H13BrN4S/c1-18(8-9-4-2-3-5-10(9)14)13-11(12(15)19)16-6-7-17-13/h2-7H,8H2,1H3,(H2,15,19). The second kappa shape index (κ2) is 6.08. The molecule has 0 aliphatic heterocycles. The van der Waals surface area contributed by atoms with Crippen LogP contribution in [0.4, 0.5) is 5.82 Å². The van der Waals surface area contributed by atoms with E-state index in [1.807, 2.05) is 30.1 Å². The van der Waals surface area contributed by atoms with Gasteiger partial charge in [-0.05, 0) is 11.6 Å². The van der Waals surface area contributed by atoms with Crippen LogP contribution in [-0.4, -0.2) is 22.0 Å². The van der Waals surface area contributed by atoms with E-state index in [1.165, 1.54) is 0 Å². The number of thiocarbonyl (C=S) groups is 1. The van der Waals surface area contributed by atoms with Crippen molar-refractivity contribution < 1.29 is 0 Å². The van der Waals surface area contributed by atoms with E-state index in [0.717, 1.165) is 10.0 Å². The minimum absolute atomic E-state index is 0.252. The van der Waals surface area contributed by atoms with Crippen LogP contribution in [0.3, 0.4) is 0 Å². The predicted octanol–water partition coefficient (Wildman–Crippen LogP) is 2.51. The summed E-state index contributed by atoms with van der Waals surface area (Å²) >= 11 is 8.53. The Labute approximate surface area is 125 Å². The highest BCUT2D eigenvalue weighted by Crippen LogP contribution is 2.21. The van der Waals surface area contributed by atoms with Crippen molar-refractivity contribution in [1.29, 1.82) is 0 Å². The van der Waals surface area contributed by atoms with E-state index in [4.69, 9.17) is 18.0 Å². The van der Waals surface area contributed by atoms with E-state index in [9.17, 15) is 0 Å². The number of anilines is 1. The fourth-order valence-corrected chi connectivity index (χ4v) is 2.30. The van der Waals surface area contributed by atoms with Gasteiger partial charge in [-0.2, -0.15) is 0 Å². The van der Waals surface area contributed by atoms with Crippen LogP contribution in [0.25, 0.3) is 0 Å². The maximum absolute atomic E-state index is 5.67. The van der Waals surface area contributed by atoms with Gasteiger partial charge in [0, 0.05) is 30.5 Å². The lowest BCUT2D eigenvalue weighted by atomic mass is 10.2. The molecule has 0 spiro atoms. The highest BCUT2D eigenvalue weighted by Gasteiger charge is 2.13. The van der Waals surface area contributed by atoms with Gasteiger partial charge in [0.1, 0.15) is 10.7 Å². The van der Waals surface area contributed by atoms with Crippen molar-refractivity contribution in [3.63, 3.8) is 0 Å². The van der Waals surface area contributed by atoms with Gasteiger partial charge in [-0.15, -0.1) is 0 Å². The molecule has 19 heavy (non-hydrogen) atoms. The van der Waals surface area contributed by atoms with Crippen LogP contribution in [0.1, 0.15) is 11.3 Å². The van der Waals surface area contributed by atoms with Gasteiger partial charge in [0.15, 0.2) is 5.82 Å². The number of rotatable bonds is 4. The Hall–Kier alpha value is -1.53. The maximum Gasteiger partial charge on any atom is 0.157 e. The number of nitrogens with zero attached hydrogens (tertiary/aromatic N) is 3. The molecule has 0 aliphatic carbocycles. The number of nitrogens with two attached hydrogens (primary N) is 1. The first kappa shape index (κ1) is 13.9. The second-order valence-electron chi connectivity index (χ2n) is 4.04. The summed E-state index contributed by atoms with van der Waals surface area (Å²) in [6.07, 6.45) is 3.22. The molecule has 2 aromatic rings. The van der Waals surface area contributed by atoms with Crippen LogP contribution in [-0.2, 0) is 6.54 Å². The van der Waals surface area contributed by atoms with Crippen LogP contribution in [0.15, 0.2) is 41.1 Å². The average Bonchev–Trinajstić information content (AvgIpc) is 2.41. The van der Waals surface area contributed by atoms with Gasteiger partial charge in [0.2, 0.25) is 0 Å². The number of halogens is 1. The van der Waals surface area contributed by atoms with E-state index >= 15 is 0 Å². The molecule has 6 heteroatoms. The van der Waals surface area contributed by atoms with Gasteiger partial charge in [0.25, 0.3) is 0 Å². The lowest BCUT2D eigenvalue weighted by Gasteiger charge is -2.20. The van der Waals surface area contributed by atoms with E-state index in [-0.39, 0.29) is 4.99 Å². The summed E-state index contributed by atoms with van der Waals surface area (Å²) < 4.78 is 1.06. The molecule has 2 N–H and O–H groups in total. The predicted molar refractivity (Wildman–Crippen MR) is 84.2 cm³/mol. The lowest BCUT2D eigenvalue weighted by molar-refractivity contribution is 0.883. The zero-order valence-corrected chi connectivity index (χ0v) is 12.8. The first-order valence-corrected chi connectivity index (χ1v) is 6.85. The van der Waals surface area contributed by atoms with Crippen molar-refractivity contribution >= 4 is 39.0 Å². The third-order valence-corrected chi connectivity index (χ3v) is 3.61. The Balaban J connectivity index is 2.28. The highest BCUT2D eigenvalue weighted by molar-refractivity contribution is 9.10. The topological polar surface area (TPSA) is 55.0 Å². The van der Waals surface area contributed by atoms with E-state index in [1.54, 1.807) is 12.4 Å². The van der Waals surface area contributed by atoms with Gasteiger partial charge >= 0.3 is 0 Å². The number of hydrogen-bond acceptors (Lipinski definition) is 4. The van der Waals surface area contributed by atoms with Crippen LogP contribution in [0, 0.1) is 0 Å². The molecule has 0 radical (unpaired) electrons. The highest BCUT2D eigenvalue weighted by atomic mass is 79.9. The molecule has 0 fully saturated rings. The molecule has 1 aromatic carbocycles. The Morgan fingerprint density at radius 2 is 2.00 bits per heavy atom. The SMILES string of the molecule is CN(Cc1ccccc1Br)c1nccnc1C(N)=S. The molecule has 98 valence electrons. The monoisotopic (exact) mass is 336 g/mol. The molecule has 4 nitrogen and oxygen atoms in total. The Morgan fingerprint density at radius 1 is 1.32 bits per heavy atom. The van der Waals surface area contributed by atoms with Crippen molar-refractivity contribution in [3.05, 3.63) is 52.4 Å². The molecule has 1 heterocycles. The summed E-state index contributed by atoms with van der Waals surface area (Å²) in [5.41, 5.74) is 7.37. The first-order chi connectivity index (χ1) is 9.09. The Kier molecular flexibility index (Phi) is 4.44. The van der Waals surface area contributed by atoms with Gasteiger partial charge in [0.05, 0.1) is 0 Å². The summed E-state index contributed by atoms with van der Waals surface area (Å²) in [5, 5.41) is 0. The van der Waals surface area contributed by atoms with Crippen LogP contribution >= 0.6 is 28.1 Å². The number of hydrogen-bond donors (Lipinski definition) is 1. The maximum atomic E-state index is 5.67. The zero-order chi connectivity index (χ0) is 13.8. The number of benzene rings is 1. The second-order valence-corrected chi connectivity index (χ2v) is 5.33. The summed E-state index contributed by atoms with van der Waals surface area (Å²) in [7, 11) is 1.94. The molecular weight excluding hydrogens is 324 g/mol. The van der Waals surface area contributed by atoms with Gasteiger partial charge in [-0.1, -0.05) is 46.3 Å². The van der Waals surface area contributed by atoms with E-state index in [2.05, 4.69) is 32.0 Å². The summed E-state index contributed by atoms with van der Waals surface area (Å²) in [6, 6.07) is 8.04. The fraction of sp³-hybridized carbons (Fsp3) is 0.154. The van der Waals surface area contributed by atoms with Crippen molar-refractivity contribution in [1.82, 2.24) is 9.97 Å². The largest absolute Gasteiger partial charge is 0.388 e. The molecule has 0 aliphatic rings. The third-order valence-electron chi connectivity index (χ3n) is 2.64. The molecule has 1 aromatic heterocycles.